The third-order valence-electron chi connectivity index (χ3n) is 3.47. The highest BCUT2D eigenvalue weighted by molar-refractivity contribution is 5.00. The number of aliphatic hydroxyl groups is 1. The minimum Gasteiger partial charge on any atom is -0.392 e. The van der Waals surface area contributed by atoms with E-state index < -0.39 is 0 Å². The molecule has 0 aliphatic carbocycles. The predicted molar refractivity (Wildman–Crippen MR) is 52.7 cm³/mol. The maximum Gasteiger partial charge on any atom is 0.0679 e. The van der Waals surface area contributed by atoms with Crippen molar-refractivity contribution in [2.24, 2.45) is 0 Å². The van der Waals surface area contributed by atoms with E-state index in [4.69, 9.17) is 0 Å². The van der Waals surface area contributed by atoms with E-state index in [9.17, 15) is 5.11 Å². The highest BCUT2D eigenvalue weighted by atomic mass is 16.3. The molecule has 0 bridgehead atoms. The fourth-order valence-corrected chi connectivity index (χ4v) is 2.70. The van der Waals surface area contributed by atoms with Gasteiger partial charge in [-0.1, -0.05) is 0 Å². The first-order chi connectivity index (χ1) is 6.09. The Morgan fingerprint density at radius 2 is 2.15 bits per heavy atom. The Hall–Kier alpha value is -0.120. The Morgan fingerprint density at radius 1 is 1.38 bits per heavy atom. The summed E-state index contributed by atoms with van der Waals surface area (Å²) >= 11 is 0. The first-order valence-corrected chi connectivity index (χ1v) is 5.27. The molecule has 0 radical (unpaired) electrons. The molecule has 2 atom stereocenters. The van der Waals surface area contributed by atoms with Crippen LogP contribution in [0.3, 0.4) is 0 Å². The number of hydrogen-bond acceptors (Lipinski definition) is 3. The minimum atomic E-state index is -0.0867. The second kappa shape index (κ2) is 3.23. The molecule has 3 nitrogen and oxygen atoms in total. The number of likely N-dealkylation sites (tertiary alicyclic amines) is 1. The second-order valence-electron chi connectivity index (χ2n) is 4.89. The molecule has 0 aromatic carbocycles. The third-order valence-corrected chi connectivity index (χ3v) is 3.47. The molecule has 0 saturated carbocycles. The summed E-state index contributed by atoms with van der Waals surface area (Å²) < 4.78 is 0. The number of rotatable bonds is 1. The normalized spacial score (nSPS) is 39.9. The van der Waals surface area contributed by atoms with Crippen molar-refractivity contribution in [3.8, 4) is 0 Å². The molecular weight excluding hydrogens is 164 g/mol. The standard InChI is InChI=1S/C10H20N2O/c1-10(2)9(3-5-11-10)12-6-4-8(13)7-12/h8-9,11,13H,3-7H2,1-2H3/t8-,9+/m0/s1. The predicted octanol–water partition coefficient (Wildman–Crippen LogP) is 0.193. The fraction of sp³-hybridized carbons (Fsp3) is 1.00. The van der Waals surface area contributed by atoms with Gasteiger partial charge in [-0.25, -0.2) is 0 Å². The van der Waals surface area contributed by atoms with E-state index in [0.29, 0.717) is 6.04 Å². The zero-order chi connectivity index (χ0) is 9.47. The molecule has 0 unspecified atom stereocenters. The van der Waals surface area contributed by atoms with Gasteiger partial charge in [-0.2, -0.15) is 0 Å². The Balaban J connectivity index is 2.00. The molecular formula is C10H20N2O. The summed E-state index contributed by atoms with van der Waals surface area (Å²) in [5, 5.41) is 13.0. The van der Waals surface area contributed by atoms with Crippen LogP contribution < -0.4 is 5.32 Å². The van der Waals surface area contributed by atoms with Crippen LogP contribution in [0.4, 0.5) is 0 Å². The van der Waals surface area contributed by atoms with Gasteiger partial charge in [0.05, 0.1) is 6.10 Å². The molecule has 2 N–H and O–H groups in total. The summed E-state index contributed by atoms with van der Waals surface area (Å²) in [6, 6.07) is 0.615. The molecule has 2 aliphatic heterocycles. The fourth-order valence-electron chi connectivity index (χ4n) is 2.70. The van der Waals surface area contributed by atoms with Gasteiger partial charge in [0.15, 0.2) is 0 Å². The molecule has 2 heterocycles. The van der Waals surface area contributed by atoms with Crippen LogP contribution in [0.15, 0.2) is 0 Å². The average molecular weight is 184 g/mol. The number of β-amino-alcohol motifs (C(OH)–C–C–N with tert-alkyl or cyclic N) is 1. The third kappa shape index (κ3) is 1.73. The molecule has 13 heavy (non-hydrogen) atoms. The molecule has 2 aliphatic rings. The molecule has 0 aromatic rings. The highest BCUT2D eigenvalue weighted by Gasteiger charge is 2.40. The van der Waals surface area contributed by atoms with Gasteiger partial charge in [0.2, 0.25) is 0 Å². The summed E-state index contributed by atoms with van der Waals surface area (Å²) in [5.74, 6) is 0. The topological polar surface area (TPSA) is 35.5 Å². The van der Waals surface area contributed by atoms with E-state index in [-0.39, 0.29) is 11.6 Å². The molecule has 2 saturated heterocycles. The summed E-state index contributed by atoms with van der Waals surface area (Å²) in [6.07, 6.45) is 2.09. The van der Waals surface area contributed by atoms with Crippen molar-refractivity contribution >= 4 is 0 Å². The summed E-state index contributed by atoms with van der Waals surface area (Å²) in [4.78, 5) is 2.44. The Morgan fingerprint density at radius 3 is 2.62 bits per heavy atom. The van der Waals surface area contributed by atoms with Crippen LogP contribution in [0.5, 0.6) is 0 Å². The molecule has 76 valence electrons. The zero-order valence-electron chi connectivity index (χ0n) is 8.58. The van der Waals surface area contributed by atoms with Crippen LogP contribution >= 0.6 is 0 Å². The van der Waals surface area contributed by atoms with Crippen molar-refractivity contribution in [2.75, 3.05) is 19.6 Å². The minimum absolute atomic E-state index is 0.0867. The van der Waals surface area contributed by atoms with E-state index in [1.165, 1.54) is 6.42 Å². The van der Waals surface area contributed by atoms with Crippen LogP contribution in [-0.4, -0.2) is 47.3 Å². The van der Waals surface area contributed by atoms with E-state index in [1.54, 1.807) is 0 Å². The number of nitrogens with zero attached hydrogens (tertiary/aromatic N) is 1. The highest BCUT2D eigenvalue weighted by Crippen LogP contribution is 2.27. The summed E-state index contributed by atoms with van der Waals surface area (Å²) in [7, 11) is 0. The smallest absolute Gasteiger partial charge is 0.0679 e. The van der Waals surface area contributed by atoms with Gasteiger partial charge in [0.1, 0.15) is 0 Å². The van der Waals surface area contributed by atoms with Crippen molar-refractivity contribution in [1.82, 2.24) is 10.2 Å². The molecule has 2 fully saturated rings. The van der Waals surface area contributed by atoms with Gasteiger partial charge in [-0.05, 0) is 33.2 Å². The number of aliphatic hydroxyl groups excluding tert-OH is 1. The van der Waals surface area contributed by atoms with E-state index in [0.717, 1.165) is 26.1 Å². The quantitative estimate of drug-likeness (QED) is 0.611. The Bertz CT molecular complexity index is 193. The van der Waals surface area contributed by atoms with Gasteiger partial charge < -0.3 is 10.4 Å². The molecule has 3 heteroatoms. The second-order valence-corrected chi connectivity index (χ2v) is 4.89. The number of nitrogens with one attached hydrogen (secondary N) is 1. The maximum atomic E-state index is 9.47. The molecule has 0 amide bonds. The number of hydrogen-bond donors (Lipinski definition) is 2. The van der Waals surface area contributed by atoms with E-state index in [1.807, 2.05) is 0 Å². The largest absolute Gasteiger partial charge is 0.392 e. The van der Waals surface area contributed by atoms with E-state index >= 15 is 0 Å². The van der Waals surface area contributed by atoms with Gasteiger partial charge in [0, 0.05) is 24.7 Å². The van der Waals surface area contributed by atoms with Crippen LogP contribution in [0.2, 0.25) is 0 Å². The SMILES string of the molecule is CC1(C)NCC[C@H]1N1CC[C@H](O)C1. The average Bonchev–Trinajstić information content (AvgIpc) is 2.56. The molecule has 0 spiro atoms. The van der Waals surface area contributed by atoms with Gasteiger partial charge >= 0.3 is 0 Å². The van der Waals surface area contributed by atoms with Crippen molar-refractivity contribution in [3.63, 3.8) is 0 Å². The van der Waals surface area contributed by atoms with Crippen molar-refractivity contribution < 1.29 is 5.11 Å². The molecule has 0 aromatic heterocycles. The Kier molecular flexibility index (Phi) is 2.34. The van der Waals surface area contributed by atoms with Crippen LogP contribution in [-0.2, 0) is 0 Å². The van der Waals surface area contributed by atoms with Gasteiger partial charge in [0.25, 0.3) is 0 Å². The van der Waals surface area contributed by atoms with Gasteiger partial charge in [-0.15, -0.1) is 0 Å². The van der Waals surface area contributed by atoms with Crippen molar-refractivity contribution in [2.45, 2.75) is 44.4 Å². The lowest BCUT2D eigenvalue weighted by Crippen LogP contribution is -2.50. The molecule has 2 rings (SSSR count). The van der Waals surface area contributed by atoms with Crippen LogP contribution in [0.25, 0.3) is 0 Å². The Labute approximate surface area is 80.1 Å². The first-order valence-electron chi connectivity index (χ1n) is 5.27. The van der Waals surface area contributed by atoms with Crippen molar-refractivity contribution in [1.29, 1.82) is 0 Å². The zero-order valence-corrected chi connectivity index (χ0v) is 8.58. The first kappa shape index (κ1) is 9.44. The monoisotopic (exact) mass is 184 g/mol. The lowest BCUT2D eigenvalue weighted by atomic mass is 9.96. The van der Waals surface area contributed by atoms with Crippen LogP contribution in [0, 0.1) is 0 Å². The van der Waals surface area contributed by atoms with E-state index in [2.05, 4.69) is 24.1 Å². The van der Waals surface area contributed by atoms with Crippen molar-refractivity contribution in [3.05, 3.63) is 0 Å². The van der Waals surface area contributed by atoms with Crippen LogP contribution in [0.1, 0.15) is 26.7 Å². The lowest BCUT2D eigenvalue weighted by Gasteiger charge is -2.34. The summed E-state index contributed by atoms with van der Waals surface area (Å²) in [6.45, 7) is 7.57. The maximum absolute atomic E-state index is 9.47. The summed E-state index contributed by atoms with van der Waals surface area (Å²) in [5.41, 5.74) is 0.226. The van der Waals surface area contributed by atoms with Gasteiger partial charge in [-0.3, -0.25) is 4.90 Å². The lowest BCUT2D eigenvalue weighted by molar-refractivity contribution is 0.137.